The van der Waals surface area contributed by atoms with Crippen LogP contribution in [0.2, 0.25) is 0 Å². The molecule has 7 heteroatoms. The van der Waals surface area contributed by atoms with E-state index in [2.05, 4.69) is 6.58 Å². The Morgan fingerprint density at radius 2 is 1.44 bits per heavy atom. The molecule has 1 unspecified atom stereocenters. The zero-order valence-electron chi connectivity index (χ0n) is 9.46. The Balaban J connectivity index is 3.43. The van der Waals surface area contributed by atoms with Gasteiger partial charge in [-0.3, -0.25) is 11.3 Å². The SMILES string of the molecule is C=C(C)CC(NN)c1c(F)c(F)c(F)c(F)c1F. The summed E-state index contributed by atoms with van der Waals surface area (Å²) >= 11 is 0. The molecule has 0 bridgehead atoms. The molecule has 0 aliphatic heterocycles. The van der Waals surface area contributed by atoms with Crippen molar-refractivity contribution in [2.75, 3.05) is 0 Å². The number of halogens is 5. The number of hydrogen-bond donors (Lipinski definition) is 2. The van der Waals surface area contributed by atoms with E-state index in [0.717, 1.165) is 0 Å². The van der Waals surface area contributed by atoms with Gasteiger partial charge in [0.05, 0.1) is 6.04 Å². The molecule has 0 saturated heterocycles. The van der Waals surface area contributed by atoms with Crippen molar-refractivity contribution < 1.29 is 22.0 Å². The molecule has 0 aliphatic rings. The molecule has 2 nitrogen and oxygen atoms in total. The predicted molar refractivity (Wildman–Crippen MR) is 55.7 cm³/mol. The second-order valence-electron chi connectivity index (χ2n) is 3.86. The third-order valence-corrected chi connectivity index (χ3v) is 2.35. The van der Waals surface area contributed by atoms with Crippen molar-refractivity contribution in [1.29, 1.82) is 0 Å². The van der Waals surface area contributed by atoms with E-state index in [1.807, 2.05) is 5.43 Å². The van der Waals surface area contributed by atoms with Crippen molar-refractivity contribution in [3.63, 3.8) is 0 Å². The lowest BCUT2D eigenvalue weighted by Gasteiger charge is -2.18. The Labute approximate surface area is 100 Å². The Kier molecular flexibility index (Phi) is 4.42. The van der Waals surface area contributed by atoms with E-state index in [-0.39, 0.29) is 6.42 Å². The van der Waals surface area contributed by atoms with Crippen LogP contribution < -0.4 is 11.3 Å². The smallest absolute Gasteiger partial charge is 0.200 e. The number of benzene rings is 1. The zero-order valence-corrected chi connectivity index (χ0v) is 9.46. The van der Waals surface area contributed by atoms with Crippen molar-refractivity contribution in [2.24, 2.45) is 5.84 Å². The van der Waals surface area contributed by atoms with Crippen LogP contribution in [0.5, 0.6) is 0 Å². The number of hydrazine groups is 1. The monoisotopic (exact) mass is 266 g/mol. The fraction of sp³-hybridized carbons (Fsp3) is 0.273. The summed E-state index contributed by atoms with van der Waals surface area (Å²) in [5.41, 5.74) is 1.49. The van der Waals surface area contributed by atoms with Gasteiger partial charge in [-0.1, -0.05) is 5.57 Å². The molecule has 100 valence electrons. The lowest BCUT2D eigenvalue weighted by Crippen LogP contribution is -2.30. The molecular weight excluding hydrogens is 255 g/mol. The van der Waals surface area contributed by atoms with Gasteiger partial charge in [0, 0.05) is 5.56 Å². The highest BCUT2D eigenvalue weighted by molar-refractivity contribution is 5.28. The average molecular weight is 266 g/mol. The molecule has 0 aliphatic carbocycles. The van der Waals surface area contributed by atoms with Crippen LogP contribution in [0.1, 0.15) is 24.9 Å². The topological polar surface area (TPSA) is 38.0 Å². The van der Waals surface area contributed by atoms with E-state index < -0.39 is 40.7 Å². The third kappa shape index (κ3) is 2.51. The van der Waals surface area contributed by atoms with Gasteiger partial charge in [0.1, 0.15) is 0 Å². The first-order valence-corrected chi connectivity index (χ1v) is 4.93. The summed E-state index contributed by atoms with van der Waals surface area (Å²) in [5, 5.41) is 0. The van der Waals surface area contributed by atoms with E-state index in [1.165, 1.54) is 6.92 Å². The molecule has 1 aromatic rings. The molecule has 0 aromatic heterocycles. The Morgan fingerprint density at radius 3 is 1.78 bits per heavy atom. The maximum Gasteiger partial charge on any atom is 0.200 e. The molecule has 18 heavy (non-hydrogen) atoms. The number of rotatable bonds is 4. The van der Waals surface area contributed by atoms with E-state index >= 15 is 0 Å². The van der Waals surface area contributed by atoms with Crippen molar-refractivity contribution in [1.82, 2.24) is 5.43 Å². The molecular formula is C11H11F5N2. The minimum Gasteiger partial charge on any atom is -0.271 e. The van der Waals surface area contributed by atoms with Gasteiger partial charge in [-0.15, -0.1) is 6.58 Å². The van der Waals surface area contributed by atoms with Crippen molar-refractivity contribution in [3.8, 4) is 0 Å². The predicted octanol–water partition coefficient (Wildman–Crippen LogP) is 2.85. The molecule has 1 rings (SSSR count). The van der Waals surface area contributed by atoms with Crippen LogP contribution in [-0.2, 0) is 0 Å². The minimum atomic E-state index is -2.19. The Hall–Kier alpha value is -1.47. The highest BCUT2D eigenvalue weighted by Gasteiger charge is 2.29. The minimum absolute atomic E-state index is 0.0607. The summed E-state index contributed by atoms with van der Waals surface area (Å²) in [6, 6.07) is -1.24. The van der Waals surface area contributed by atoms with Crippen molar-refractivity contribution >= 4 is 0 Å². The highest BCUT2D eigenvalue weighted by atomic mass is 19.2. The molecule has 0 radical (unpaired) electrons. The molecule has 1 atom stereocenters. The van der Waals surface area contributed by atoms with Gasteiger partial charge in [-0.05, 0) is 13.3 Å². The van der Waals surface area contributed by atoms with Crippen molar-refractivity contribution in [3.05, 3.63) is 46.8 Å². The Bertz CT molecular complexity index is 458. The maximum absolute atomic E-state index is 13.4. The van der Waals surface area contributed by atoms with Crippen molar-refractivity contribution in [2.45, 2.75) is 19.4 Å². The highest BCUT2D eigenvalue weighted by Crippen LogP contribution is 2.30. The average Bonchev–Trinajstić information content (AvgIpc) is 2.32. The van der Waals surface area contributed by atoms with Crippen LogP contribution in [0, 0.1) is 29.1 Å². The van der Waals surface area contributed by atoms with Crippen LogP contribution in [-0.4, -0.2) is 0 Å². The summed E-state index contributed by atoms with van der Waals surface area (Å²) in [5.74, 6) is -4.90. The molecule has 0 fully saturated rings. The van der Waals surface area contributed by atoms with Gasteiger partial charge in [-0.2, -0.15) is 0 Å². The second-order valence-corrected chi connectivity index (χ2v) is 3.86. The van der Waals surface area contributed by atoms with Crippen LogP contribution in [0.15, 0.2) is 12.2 Å². The van der Waals surface area contributed by atoms with Gasteiger partial charge >= 0.3 is 0 Å². The van der Waals surface area contributed by atoms with E-state index in [4.69, 9.17) is 5.84 Å². The summed E-state index contributed by atoms with van der Waals surface area (Å²) in [4.78, 5) is 0. The largest absolute Gasteiger partial charge is 0.271 e. The molecule has 0 spiro atoms. The third-order valence-electron chi connectivity index (χ3n) is 2.35. The summed E-state index contributed by atoms with van der Waals surface area (Å²) in [6.45, 7) is 5.03. The first-order valence-electron chi connectivity index (χ1n) is 4.93. The zero-order chi connectivity index (χ0) is 14.0. The fourth-order valence-electron chi connectivity index (χ4n) is 1.52. The molecule has 0 heterocycles. The molecule has 3 N–H and O–H groups in total. The van der Waals surface area contributed by atoms with Gasteiger partial charge in [-0.25, -0.2) is 22.0 Å². The second kappa shape index (κ2) is 5.45. The molecule has 1 aromatic carbocycles. The van der Waals surface area contributed by atoms with Crippen LogP contribution in [0.25, 0.3) is 0 Å². The van der Waals surface area contributed by atoms with Gasteiger partial charge in [0.15, 0.2) is 23.3 Å². The summed E-state index contributed by atoms with van der Waals surface area (Å²) in [6.07, 6.45) is -0.0607. The first-order chi connectivity index (χ1) is 8.31. The lowest BCUT2D eigenvalue weighted by atomic mass is 9.99. The van der Waals surface area contributed by atoms with Crippen LogP contribution in [0.4, 0.5) is 22.0 Å². The quantitative estimate of drug-likeness (QED) is 0.220. The van der Waals surface area contributed by atoms with E-state index in [1.54, 1.807) is 0 Å². The summed E-state index contributed by atoms with van der Waals surface area (Å²) < 4.78 is 65.7. The number of nitrogens with one attached hydrogen (secondary N) is 1. The van der Waals surface area contributed by atoms with Gasteiger partial charge in [0.25, 0.3) is 0 Å². The van der Waals surface area contributed by atoms with Crippen LogP contribution in [0.3, 0.4) is 0 Å². The van der Waals surface area contributed by atoms with Gasteiger partial charge in [0.2, 0.25) is 5.82 Å². The lowest BCUT2D eigenvalue weighted by molar-refractivity contribution is 0.356. The fourth-order valence-corrected chi connectivity index (χ4v) is 1.52. The van der Waals surface area contributed by atoms with E-state index in [9.17, 15) is 22.0 Å². The number of nitrogens with two attached hydrogens (primary N) is 1. The van der Waals surface area contributed by atoms with Gasteiger partial charge < -0.3 is 0 Å². The normalized spacial score (nSPS) is 12.6. The van der Waals surface area contributed by atoms with Crippen LogP contribution >= 0.6 is 0 Å². The standard InChI is InChI=1S/C11H11F5N2/c1-4(2)3-5(18-17)6-7(12)9(14)11(16)10(15)8(6)13/h5,18H,1,3,17H2,2H3. The van der Waals surface area contributed by atoms with E-state index in [0.29, 0.717) is 5.57 Å². The summed E-state index contributed by atoms with van der Waals surface area (Å²) in [7, 11) is 0. The number of hydrogen-bond acceptors (Lipinski definition) is 2. The maximum atomic E-state index is 13.4. The Morgan fingerprint density at radius 1 is 1.06 bits per heavy atom. The first kappa shape index (κ1) is 14.6. The molecule has 0 amide bonds. The molecule has 0 saturated carbocycles.